The SMILES string of the molecule is C=C/C=C\c1c(C)oc2ccc(/C=C/C=C\C(=C)C(C(/C=C\C)=C(/C)Cc3cccc4ccccc34)=c3ccccc3=C)cc12. The van der Waals surface area contributed by atoms with E-state index in [1.165, 1.54) is 27.5 Å². The first kappa shape index (κ1) is 31.0. The molecule has 0 atom stereocenters. The molecule has 45 heavy (non-hydrogen) atoms. The van der Waals surface area contributed by atoms with Crippen molar-refractivity contribution in [1.82, 2.24) is 0 Å². The standard InChI is InChI=1S/C44H40O/c1-7-9-24-40-34(6)45-43-28-27-35(30-42(40)43)20-12-10-19-32(4)44(39-25-14-11-18-31(39)3)38(17-8-2)33(5)29-37-23-16-22-36-21-13-15-26-41(36)37/h7-28,30H,1,3-4,29H2,2,5-6H3/b17-8-,19-10-,20-12+,24-9-,38-33-,44-39?. The average molecular weight is 585 g/mol. The Balaban J connectivity index is 1.51. The molecule has 5 aromatic rings. The highest BCUT2D eigenvalue weighted by Gasteiger charge is 2.12. The van der Waals surface area contributed by atoms with Crippen LogP contribution in [-0.2, 0) is 6.42 Å². The maximum atomic E-state index is 5.95. The molecule has 0 fully saturated rings. The first-order valence-electron chi connectivity index (χ1n) is 15.3. The molecule has 1 aromatic heterocycles. The van der Waals surface area contributed by atoms with Crippen molar-refractivity contribution in [3.63, 3.8) is 0 Å². The van der Waals surface area contributed by atoms with E-state index in [0.29, 0.717) is 0 Å². The minimum atomic E-state index is 0.834. The second-order valence-corrected chi connectivity index (χ2v) is 11.2. The lowest BCUT2D eigenvalue weighted by Crippen LogP contribution is -2.26. The van der Waals surface area contributed by atoms with Gasteiger partial charge in [0.05, 0.1) is 0 Å². The Morgan fingerprint density at radius 1 is 0.822 bits per heavy atom. The van der Waals surface area contributed by atoms with Gasteiger partial charge >= 0.3 is 0 Å². The van der Waals surface area contributed by atoms with E-state index in [9.17, 15) is 0 Å². The molecule has 0 aliphatic heterocycles. The number of furan rings is 1. The summed E-state index contributed by atoms with van der Waals surface area (Å²) in [7, 11) is 0. The third-order valence-corrected chi connectivity index (χ3v) is 8.04. The predicted octanol–water partition coefficient (Wildman–Crippen LogP) is 10.6. The van der Waals surface area contributed by atoms with Crippen LogP contribution in [0.15, 0.2) is 162 Å². The molecule has 0 amide bonds. The van der Waals surface area contributed by atoms with Crippen molar-refractivity contribution < 1.29 is 4.42 Å². The van der Waals surface area contributed by atoms with Gasteiger partial charge in [-0.1, -0.05) is 153 Å². The summed E-state index contributed by atoms with van der Waals surface area (Å²) >= 11 is 0. The van der Waals surface area contributed by atoms with Gasteiger partial charge in [0, 0.05) is 10.9 Å². The topological polar surface area (TPSA) is 13.1 Å². The van der Waals surface area contributed by atoms with E-state index in [1.54, 1.807) is 6.08 Å². The molecule has 0 aliphatic rings. The third kappa shape index (κ3) is 7.06. The van der Waals surface area contributed by atoms with Gasteiger partial charge in [-0.2, -0.15) is 0 Å². The van der Waals surface area contributed by atoms with Crippen LogP contribution in [0.4, 0.5) is 0 Å². The van der Waals surface area contributed by atoms with Crippen molar-refractivity contribution in [1.29, 1.82) is 0 Å². The molecule has 222 valence electrons. The monoisotopic (exact) mass is 584 g/mol. The quantitative estimate of drug-likeness (QED) is 0.149. The average Bonchev–Trinajstić information content (AvgIpc) is 3.36. The molecule has 0 N–H and O–H groups in total. The van der Waals surface area contributed by atoms with Gasteiger partial charge in [-0.3, -0.25) is 0 Å². The summed E-state index contributed by atoms with van der Waals surface area (Å²) in [5.74, 6) is 0.898. The number of hydrogen-bond donors (Lipinski definition) is 0. The molecule has 1 nitrogen and oxygen atoms in total. The lowest BCUT2D eigenvalue weighted by Gasteiger charge is -2.16. The van der Waals surface area contributed by atoms with E-state index in [2.05, 4.69) is 143 Å². The summed E-state index contributed by atoms with van der Waals surface area (Å²) in [5, 5.41) is 5.69. The number of hydrogen-bond acceptors (Lipinski definition) is 1. The number of benzene rings is 4. The van der Waals surface area contributed by atoms with Crippen molar-refractivity contribution in [3.8, 4) is 0 Å². The summed E-state index contributed by atoms with van der Waals surface area (Å²) in [6.45, 7) is 19.0. The number of fused-ring (bicyclic) bond motifs is 2. The molecular weight excluding hydrogens is 544 g/mol. The Labute approximate surface area is 267 Å². The molecule has 0 aliphatic carbocycles. The lowest BCUT2D eigenvalue weighted by atomic mass is 9.88. The van der Waals surface area contributed by atoms with Crippen molar-refractivity contribution >= 4 is 46.0 Å². The minimum Gasteiger partial charge on any atom is -0.461 e. The molecule has 1 heterocycles. The van der Waals surface area contributed by atoms with Gasteiger partial charge in [0.25, 0.3) is 0 Å². The van der Waals surface area contributed by atoms with Crippen molar-refractivity contribution in [3.05, 3.63) is 190 Å². The first-order valence-corrected chi connectivity index (χ1v) is 15.3. The molecule has 0 bridgehead atoms. The molecule has 0 saturated heterocycles. The van der Waals surface area contributed by atoms with Gasteiger partial charge in [-0.25, -0.2) is 0 Å². The van der Waals surface area contributed by atoms with Gasteiger partial charge < -0.3 is 4.42 Å². The molecule has 0 radical (unpaired) electrons. The van der Waals surface area contributed by atoms with Gasteiger partial charge in [-0.15, -0.1) is 0 Å². The normalized spacial score (nSPS) is 13.5. The zero-order valence-electron chi connectivity index (χ0n) is 26.5. The Morgan fingerprint density at radius 2 is 1.60 bits per heavy atom. The molecule has 1 heteroatoms. The maximum Gasteiger partial charge on any atom is 0.134 e. The molecule has 5 rings (SSSR count). The van der Waals surface area contributed by atoms with E-state index in [0.717, 1.165) is 55.9 Å². The van der Waals surface area contributed by atoms with Crippen molar-refractivity contribution in [2.45, 2.75) is 27.2 Å². The zero-order valence-corrected chi connectivity index (χ0v) is 26.5. The van der Waals surface area contributed by atoms with Gasteiger partial charge in [0.1, 0.15) is 11.3 Å². The number of aryl methyl sites for hydroxylation is 1. The molecule has 0 saturated carbocycles. The van der Waals surface area contributed by atoms with Crippen LogP contribution >= 0.6 is 0 Å². The van der Waals surface area contributed by atoms with Gasteiger partial charge in [-0.05, 0) is 88.4 Å². The summed E-state index contributed by atoms with van der Waals surface area (Å²) in [5.41, 5.74) is 8.84. The van der Waals surface area contributed by atoms with E-state index in [1.807, 2.05) is 31.2 Å². The smallest absolute Gasteiger partial charge is 0.134 e. The predicted molar refractivity (Wildman–Crippen MR) is 197 cm³/mol. The Bertz CT molecular complexity index is 2150. The van der Waals surface area contributed by atoms with E-state index in [4.69, 9.17) is 4.42 Å². The third-order valence-electron chi connectivity index (χ3n) is 8.04. The molecular formula is C44H40O. The maximum absolute atomic E-state index is 5.95. The summed E-state index contributed by atoms with van der Waals surface area (Å²) in [6.07, 6.45) is 19.2. The van der Waals surface area contributed by atoms with Crippen LogP contribution in [0.25, 0.3) is 46.0 Å². The van der Waals surface area contributed by atoms with Crippen LogP contribution in [0.2, 0.25) is 0 Å². The van der Waals surface area contributed by atoms with Crippen LogP contribution in [0.1, 0.15) is 36.3 Å². The zero-order chi connectivity index (χ0) is 31.8. The molecule has 0 unspecified atom stereocenters. The summed E-state index contributed by atoms with van der Waals surface area (Å²) < 4.78 is 5.95. The Kier molecular flexibility index (Phi) is 9.92. The largest absolute Gasteiger partial charge is 0.461 e. The van der Waals surface area contributed by atoms with Gasteiger partial charge in [0.15, 0.2) is 0 Å². The second kappa shape index (κ2) is 14.4. The minimum absolute atomic E-state index is 0.834. The van der Waals surface area contributed by atoms with Crippen LogP contribution in [0.3, 0.4) is 0 Å². The van der Waals surface area contributed by atoms with Crippen LogP contribution in [-0.4, -0.2) is 0 Å². The van der Waals surface area contributed by atoms with Crippen LogP contribution < -0.4 is 10.4 Å². The fourth-order valence-electron chi connectivity index (χ4n) is 5.84. The molecule has 4 aromatic carbocycles. The van der Waals surface area contributed by atoms with E-state index < -0.39 is 0 Å². The van der Waals surface area contributed by atoms with Crippen LogP contribution in [0.5, 0.6) is 0 Å². The van der Waals surface area contributed by atoms with Crippen LogP contribution in [0, 0.1) is 6.92 Å². The van der Waals surface area contributed by atoms with E-state index >= 15 is 0 Å². The van der Waals surface area contributed by atoms with Crippen molar-refractivity contribution in [2.75, 3.05) is 0 Å². The Morgan fingerprint density at radius 3 is 2.40 bits per heavy atom. The summed E-state index contributed by atoms with van der Waals surface area (Å²) in [6, 6.07) is 29.7. The Hall–Kier alpha value is -5.40. The second-order valence-electron chi connectivity index (χ2n) is 11.2. The highest BCUT2D eigenvalue weighted by Crippen LogP contribution is 2.30. The fourth-order valence-corrected chi connectivity index (χ4v) is 5.84. The van der Waals surface area contributed by atoms with Crippen molar-refractivity contribution in [2.24, 2.45) is 0 Å². The number of allylic oxidation sites excluding steroid dienone is 10. The van der Waals surface area contributed by atoms with Gasteiger partial charge in [0.2, 0.25) is 0 Å². The lowest BCUT2D eigenvalue weighted by molar-refractivity contribution is 0.577. The molecule has 0 spiro atoms. The number of rotatable bonds is 10. The van der Waals surface area contributed by atoms with E-state index in [-0.39, 0.29) is 0 Å². The first-order chi connectivity index (χ1) is 21.9. The summed E-state index contributed by atoms with van der Waals surface area (Å²) in [4.78, 5) is 0. The fraction of sp³-hybridized carbons (Fsp3) is 0.0909. The highest BCUT2D eigenvalue weighted by molar-refractivity contribution is 5.90. The highest BCUT2D eigenvalue weighted by atomic mass is 16.3.